The summed E-state index contributed by atoms with van der Waals surface area (Å²) < 4.78 is 27.8. The lowest BCUT2D eigenvalue weighted by Crippen LogP contribution is -2.36. The largest absolute Gasteiger partial charge is 0.336 e. The Morgan fingerprint density at radius 3 is 2.33 bits per heavy atom. The first-order valence-corrected chi connectivity index (χ1v) is 8.28. The lowest BCUT2D eigenvalue weighted by atomic mass is 10.00. The maximum atomic E-state index is 13.5. The third-order valence-electron chi connectivity index (χ3n) is 5.15. The smallest absolute Gasteiger partial charge is 0.276 e. The highest BCUT2D eigenvalue weighted by Crippen LogP contribution is 2.33. The minimum atomic E-state index is -1.04. The SMILES string of the molecule is Cc1c(C(=O)N2C[C@@H]3C(=O)N(C)C(=O)[C@@H]3C2)nnn1-c1ccc(F)c(F)c1. The summed E-state index contributed by atoms with van der Waals surface area (Å²) in [7, 11) is 1.44. The second-order valence-electron chi connectivity index (χ2n) is 6.69. The van der Waals surface area contributed by atoms with Crippen LogP contribution >= 0.6 is 0 Å². The highest BCUT2D eigenvalue weighted by atomic mass is 19.2. The number of carbonyl (C=O) groups is 3. The van der Waals surface area contributed by atoms with Crippen molar-refractivity contribution in [3.8, 4) is 5.69 Å². The Labute approximate surface area is 152 Å². The summed E-state index contributed by atoms with van der Waals surface area (Å²) in [5.41, 5.74) is 0.606. The predicted octanol–water partition coefficient (Wildman–Crippen LogP) is 0.541. The highest BCUT2D eigenvalue weighted by Gasteiger charge is 2.52. The van der Waals surface area contributed by atoms with Gasteiger partial charge in [0.2, 0.25) is 11.8 Å². The number of benzene rings is 1. The van der Waals surface area contributed by atoms with E-state index in [9.17, 15) is 23.2 Å². The normalized spacial score (nSPS) is 21.9. The molecule has 4 rings (SSSR count). The van der Waals surface area contributed by atoms with Crippen molar-refractivity contribution in [1.82, 2.24) is 24.8 Å². The molecular formula is C17H15F2N5O3. The van der Waals surface area contributed by atoms with Gasteiger partial charge >= 0.3 is 0 Å². The van der Waals surface area contributed by atoms with Crippen molar-refractivity contribution in [2.24, 2.45) is 11.8 Å². The molecule has 0 radical (unpaired) electrons. The number of imide groups is 1. The van der Waals surface area contributed by atoms with Crippen LogP contribution in [-0.4, -0.2) is 62.7 Å². The quantitative estimate of drug-likeness (QED) is 0.715. The number of hydrogen-bond donors (Lipinski definition) is 0. The van der Waals surface area contributed by atoms with Gasteiger partial charge in [-0.05, 0) is 19.1 Å². The maximum Gasteiger partial charge on any atom is 0.276 e. The molecule has 2 atom stereocenters. The first-order valence-electron chi connectivity index (χ1n) is 8.28. The first-order chi connectivity index (χ1) is 12.8. The molecule has 140 valence electrons. The third-order valence-corrected chi connectivity index (χ3v) is 5.15. The molecule has 3 heterocycles. The number of likely N-dealkylation sites (tertiary alicyclic amines) is 2. The van der Waals surface area contributed by atoms with E-state index in [-0.39, 0.29) is 36.3 Å². The van der Waals surface area contributed by atoms with Gasteiger partial charge in [0.25, 0.3) is 5.91 Å². The van der Waals surface area contributed by atoms with Crippen molar-refractivity contribution in [1.29, 1.82) is 0 Å². The number of aromatic nitrogens is 3. The van der Waals surface area contributed by atoms with E-state index in [4.69, 9.17) is 0 Å². The summed E-state index contributed by atoms with van der Waals surface area (Å²) in [6.07, 6.45) is 0. The van der Waals surface area contributed by atoms with Gasteiger partial charge < -0.3 is 4.90 Å². The van der Waals surface area contributed by atoms with E-state index in [0.29, 0.717) is 5.69 Å². The molecule has 2 saturated heterocycles. The molecule has 0 bridgehead atoms. The molecule has 1 aromatic carbocycles. The number of rotatable bonds is 2. The second-order valence-corrected chi connectivity index (χ2v) is 6.69. The van der Waals surface area contributed by atoms with Gasteiger partial charge in [-0.3, -0.25) is 19.3 Å². The molecule has 2 aliphatic heterocycles. The average molecular weight is 375 g/mol. The molecule has 1 aromatic heterocycles. The van der Waals surface area contributed by atoms with E-state index in [2.05, 4.69) is 10.3 Å². The number of carbonyl (C=O) groups excluding carboxylic acids is 3. The zero-order valence-electron chi connectivity index (χ0n) is 14.5. The fourth-order valence-corrected chi connectivity index (χ4v) is 3.61. The standard InChI is InChI=1S/C17H15F2N5O3/c1-8-14(20-21-24(8)9-3-4-12(18)13(19)5-9)17(27)23-6-10-11(7-23)16(26)22(2)15(10)25/h3-5,10-11H,6-7H2,1-2H3/t10-,11+. The summed E-state index contributed by atoms with van der Waals surface area (Å²) in [6.45, 7) is 1.85. The Balaban J connectivity index is 1.59. The summed E-state index contributed by atoms with van der Waals surface area (Å²) in [6, 6.07) is 3.24. The fourth-order valence-electron chi connectivity index (χ4n) is 3.61. The molecule has 2 aliphatic rings. The van der Waals surface area contributed by atoms with Crippen LogP contribution in [-0.2, 0) is 9.59 Å². The number of nitrogens with zero attached hydrogens (tertiary/aromatic N) is 5. The Hall–Kier alpha value is -3.17. The topological polar surface area (TPSA) is 88.4 Å². The van der Waals surface area contributed by atoms with E-state index >= 15 is 0 Å². The minimum Gasteiger partial charge on any atom is -0.336 e. The Kier molecular flexibility index (Phi) is 3.79. The van der Waals surface area contributed by atoms with Crippen LogP contribution < -0.4 is 0 Å². The molecule has 0 saturated carbocycles. The van der Waals surface area contributed by atoms with Crippen molar-refractivity contribution in [3.63, 3.8) is 0 Å². The highest BCUT2D eigenvalue weighted by molar-refractivity contribution is 6.06. The number of amides is 3. The molecule has 2 aromatic rings. The van der Waals surface area contributed by atoms with Crippen LogP contribution in [0, 0.1) is 30.4 Å². The number of halogens is 2. The van der Waals surface area contributed by atoms with E-state index < -0.39 is 29.4 Å². The van der Waals surface area contributed by atoms with Gasteiger partial charge in [-0.25, -0.2) is 13.5 Å². The van der Waals surface area contributed by atoms with E-state index in [0.717, 1.165) is 17.0 Å². The summed E-state index contributed by atoms with van der Waals surface area (Å²) in [5.74, 6) is -4.13. The fraction of sp³-hybridized carbons (Fsp3) is 0.353. The van der Waals surface area contributed by atoms with Crippen LogP contribution in [0.2, 0.25) is 0 Å². The van der Waals surface area contributed by atoms with Crippen LogP contribution in [0.15, 0.2) is 18.2 Å². The summed E-state index contributed by atoms with van der Waals surface area (Å²) in [4.78, 5) is 39.5. The molecule has 0 aliphatic carbocycles. The van der Waals surface area contributed by atoms with Crippen molar-refractivity contribution in [2.75, 3.05) is 20.1 Å². The number of fused-ring (bicyclic) bond motifs is 1. The molecule has 27 heavy (non-hydrogen) atoms. The molecule has 0 unspecified atom stereocenters. The summed E-state index contributed by atoms with van der Waals surface area (Å²) >= 11 is 0. The lowest BCUT2D eigenvalue weighted by molar-refractivity contribution is -0.138. The Bertz CT molecular complexity index is 965. The molecule has 0 N–H and O–H groups in total. The molecule has 8 nitrogen and oxygen atoms in total. The van der Waals surface area contributed by atoms with Gasteiger partial charge in [0.15, 0.2) is 17.3 Å². The second kappa shape index (κ2) is 5.93. The van der Waals surface area contributed by atoms with Crippen LogP contribution in [0.3, 0.4) is 0 Å². The van der Waals surface area contributed by atoms with Crippen molar-refractivity contribution in [3.05, 3.63) is 41.2 Å². The third kappa shape index (κ3) is 2.51. The molecular weight excluding hydrogens is 360 g/mol. The zero-order chi connectivity index (χ0) is 19.5. The average Bonchev–Trinajstić information content (AvgIpc) is 3.30. The van der Waals surface area contributed by atoms with Crippen molar-refractivity contribution < 1.29 is 23.2 Å². The first kappa shape index (κ1) is 17.3. The van der Waals surface area contributed by atoms with E-state index in [1.807, 2.05) is 0 Å². The van der Waals surface area contributed by atoms with E-state index in [1.54, 1.807) is 6.92 Å². The molecule has 10 heteroatoms. The van der Waals surface area contributed by atoms with Crippen molar-refractivity contribution in [2.45, 2.75) is 6.92 Å². The van der Waals surface area contributed by atoms with Gasteiger partial charge in [-0.1, -0.05) is 5.21 Å². The molecule has 2 fully saturated rings. The van der Waals surface area contributed by atoms with Gasteiger partial charge in [0, 0.05) is 26.2 Å². The van der Waals surface area contributed by atoms with Gasteiger partial charge in [-0.2, -0.15) is 0 Å². The predicted molar refractivity (Wildman–Crippen MR) is 86.7 cm³/mol. The van der Waals surface area contributed by atoms with Crippen molar-refractivity contribution >= 4 is 17.7 Å². The van der Waals surface area contributed by atoms with Gasteiger partial charge in [0.05, 0.1) is 23.2 Å². The lowest BCUT2D eigenvalue weighted by Gasteiger charge is -2.18. The van der Waals surface area contributed by atoms with Crippen LogP contribution in [0.25, 0.3) is 5.69 Å². The zero-order valence-corrected chi connectivity index (χ0v) is 14.5. The maximum absolute atomic E-state index is 13.5. The van der Waals surface area contributed by atoms with Gasteiger partial charge in [-0.15, -0.1) is 5.10 Å². The number of hydrogen-bond acceptors (Lipinski definition) is 5. The molecule has 3 amide bonds. The van der Waals surface area contributed by atoms with E-state index in [1.165, 1.54) is 22.7 Å². The monoisotopic (exact) mass is 375 g/mol. The van der Waals surface area contributed by atoms with Gasteiger partial charge in [0.1, 0.15) is 0 Å². The minimum absolute atomic E-state index is 0.0351. The van der Waals surface area contributed by atoms with Crippen LogP contribution in [0.4, 0.5) is 8.78 Å². The summed E-state index contributed by atoms with van der Waals surface area (Å²) in [5, 5.41) is 7.71. The Morgan fingerprint density at radius 1 is 1.11 bits per heavy atom. The molecule has 0 spiro atoms. The Morgan fingerprint density at radius 2 is 1.74 bits per heavy atom. The van der Waals surface area contributed by atoms with Crippen LogP contribution in [0.5, 0.6) is 0 Å². The van der Waals surface area contributed by atoms with Crippen LogP contribution in [0.1, 0.15) is 16.2 Å².